The van der Waals surface area contributed by atoms with E-state index in [-0.39, 0.29) is 5.41 Å². The van der Waals surface area contributed by atoms with Crippen LogP contribution in [0.1, 0.15) is 58.3 Å². The van der Waals surface area contributed by atoms with Crippen molar-refractivity contribution in [2.75, 3.05) is 19.6 Å². The number of carbonyl (C=O) groups excluding carboxylic acids is 1. The molecule has 0 aromatic rings. The van der Waals surface area contributed by atoms with Crippen LogP contribution in [0.4, 0.5) is 0 Å². The molecule has 3 heteroatoms. The number of nitrogens with one attached hydrogen (secondary N) is 2. The van der Waals surface area contributed by atoms with Gasteiger partial charge in [0.2, 0.25) is 5.91 Å². The van der Waals surface area contributed by atoms with Crippen molar-refractivity contribution in [1.29, 1.82) is 0 Å². The Balaban J connectivity index is 1.81. The molecule has 1 aliphatic carbocycles. The Kier molecular flexibility index (Phi) is 5.04. The molecule has 1 saturated carbocycles. The van der Waals surface area contributed by atoms with Crippen LogP contribution in [0.3, 0.4) is 0 Å². The van der Waals surface area contributed by atoms with E-state index in [1.54, 1.807) is 0 Å². The molecule has 0 radical (unpaired) electrons. The molecule has 104 valence electrons. The first-order valence-corrected chi connectivity index (χ1v) is 7.76. The maximum Gasteiger partial charge on any atom is 0.226 e. The Morgan fingerprint density at radius 1 is 1.22 bits per heavy atom. The van der Waals surface area contributed by atoms with Crippen LogP contribution in [-0.4, -0.2) is 25.5 Å². The summed E-state index contributed by atoms with van der Waals surface area (Å²) >= 11 is 0. The summed E-state index contributed by atoms with van der Waals surface area (Å²) in [4.78, 5) is 12.5. The van der Waals surface area contributed by atoms with Crippen LogP contribution in [0.5, 0.6) is 0 Å². The van der Waals surface area contributed by atoms with Crippen LogP contribution < -0.4 is 10.6 Å². The number of hydrogen-bond donors (Lipinski definition) is 2. The van der Waals surface area contributed by atoms with Crippen LogP contribution in [0.2, 0.25) is 0 Å². The van der Waals surface area contributed by atoms with Gasteiger partial charge >= 0.3 is 0 Å². The zero-order chi connectivity index (χ0) is 12.8. The molecule has 0 atom stereocenters. The third-order valence-corrected chi connectivity index (χ3v) is 5.00. The number of amides is 1. The lowest BCUT2D eigenvalue weighted by Gasteiger charge is -2.36. The molecular weight excluding hydrogens is 224 g/mol. The van der Waals surface area contributed by atoms with E-state index in [0.29, 0.717) is 5.91 Å². The van der Waals surface area contributed by atoms with Crippen molar-refractivity contribution in [3.05, 3.63) is 0 Å². The Hall–Kier alpha value is -0.570. The standard InChI is InChI=1S/C15H28N2O/c1-2-15(8-10-16-11-9-15)14(18)17-12-13-6-4-3-5-7-13/h13,16H,2-12H2,1H3,(H,17,18). The minimum atomic E-state index is -0.0834. The highest BCUT2D eigenvalue weighted by molar-refractivity contribution is 5.82. The molecule has 1 aliphatic heterocycles. The first-order valence-electron chi connectivity index (χ1n) is 7.76. The summed E-state index contributed by atoms with van der Waals surface area (Å²) in [6, 6.07) is 0. The van der Waals surface area contributed by atoms with Crippen LogP contribution in [0.25, 0.3) is 0 Å². The van der Waals surface area contributed by atoms with Crippen LogP contribution in [0.15, 0.2) is 0 Å². The second-order valence-corrected chi connectivity index (χ2v) is 6.10. The minimum Gasteiger partial charge on any atom is -0.355 e. The van der Waals surface area contributed by atoms with Crippen molar-refractivity contribution in [2.24, 2.45) is 11.3 Å². The lowest BCUT2D eigenvalue weighted by molar-refractivity contribution is -0.133. The average Bonchev–Trinajstić information content (AvgIpc) is 2.46. The SMILES string of the molecule is CCC1(C(=O)NCC2CCCCC2)CCNCC1. The molecule has 0 aromatic carbocycles. The van der Waals surface area contributed by atoms with Gasteiger partial charge < -0.3 is 10.6 Å². The molecule has 18 heavy (non-hydrogen) atoms. The highest BCUT2D eigenvalue weighted by atomic mass is 16.2. The van der Waals surface area contributed by atoms with E-state index in [1.807, 2.05) is 0 Å². The van der Waals surface area contributed by atoms with Crippen LogP contribution >= 0.6 is 0 Å². The molecule has 1 saturated heterocycles. The summed E-state index contributed by atoms with van der Waals surface area (Å²) in [5, 5.41) is 6.60. The van der Waals surface area contributed by atoms with E-state index >= 15 is 0 Å². The van der Waals surface area contributed by atoms with Gasteiger partial charge in [-0.1, -0.05) is 26.2 Å². The number of hydrogen-bond acceptors (Lipinski definition) is 2. The zero-order valence-electron chi connectivity index (χ0n) is 11.8. The van der Waals surface area contributed by atoms with E-state index in [2.05, 4.69) is 17.6 Å². The second-order valence-electron chi connectivity index (χ2n) is 6.10. The van der Waals surface area contributed by atoms with Gasteiger partial charge in [-0.05, 0) is 51.1 Å². The van der Waals surface area contributed by atoms with Crippen molar-refractivity contribution in [3.63, 3.8) is 0 Å². The quantitative estimate of drug-likeness (QED) is 0.807. The molecule has 2 rings (SSSR count). The number of piperidine rings is 1. The van der Waals surface area contributed by atoms with E-state index < -0.39 is 0 Å². The topological polar surface area (TPSA) is 41.1 Å². The number of carbonyl (C=O) groups is 1. The summed E-state index contributed by atoms with van der Waals surface area (Å²) in [5.41, 5.74) is -0.0834. The van der Waals surface area contributed by atoms with Gasteiger partial charge in [-0.2, -0.15) is 0 Å². The molecule has 2 aliphatic rings. The molecule has 1 amide bonds. The van der Waals surface area contributed by atoms with Gasteiger partial charge in [0.1, 0.15) is 0 Å². The minimum absolute atomic E-state index is 0.0834. The van der Waals surface area contributed by atoms with Gasteiger partial charge in [0, 0.05) is 6.54 Å². The molecule has 0 spiro atoms. The molecule has 1 heterocycles. The van der Waals surface area contributed by atoms with Gasteiger partial charge in [0.05, 0.1) is 5.41 Å². The Bertz CT molecular complexity index is 266. The van der Waals surface area contributed by atoms with Gasteiger partial charge in [-0.3, -0.25) is 4.79 Å². The molecule has 2 N–H and O–H groups in total. The van der Waals surface area contributed by atoms with Gasteiger partial charge in [0.15, 0.2) is 0 Å². The van der Waals surface area contributed by atoms with Crippen molar-refractivity contribution < 1.29 is 4.79 Å². The summed E-state index contributed by atoms with van der Waals surface area (Å²) in [5.74, 6) is 1.05. The largest absolute Gasteiger partial charge is 0.355 e. The molecular formula is C15H28N2O. The van der Waals surface area contributed by atoms with E-state index in [1.165, 1.54) is 32.1 Å². The highest BCUT2D eigenvalue weighted by Crippen LogP contribution is 2.33. The molecule has 0 bridgehead atoms. The van der Waals surface area contributed by atoms with Crippen molar-refractivity contribution in [3.8, 4) is 0 Å². The number of rotatable bonds is 4. The second kappa shape index (κ2) is 6.55. The van der Waals surface area contributed by atoms with Crippen LogP contribution in [-0.2, 0) is 4.79 Å². The molecule has 2 fully saturated rings. The lowest BCUT2D eigenvalue weighted by Crippen LogP contribution is -2.48. The molecule has 3 nitrogen and oxygen atoms in total. The zero-order valence-corrected chi connectivity index (χ0v) is 11.8. The Labute approximate surface area is 111 Å². The smallest absolute Gasteiger partial charge is 0.226 e. The normalized spacial score (nSPS) is 24.7. The maximum atomic E-state index is 12.5. The third kappa shape index (κ3) is 3.25. The van der Waals surface area contributed by atoms with Crippen molar-refractivity contribution in [2.45, 2.75) is 58.3 Å². The van der Waals surface area contributed by atoms with E-state index in [0.717, 1.165) is 44.8 Å². The predicted molar refractivity (Wildman–Crippen MR) is 74.4 cm³/mol. The monoisotopic (exact) mass is 252 g/mol. The Morgan fingerprint density at radius 3 is 2.50 bits per heavy atom. The summed E-state index contributed by atoms with van der Waals surface area (Å²) in [6.07, 6.45) is 9.68. The molecule has 0 unspecified atom stereocenters. The summed E-state index contributed by atoms with van der Waals surface area (Å²) in [6.45, 7) is 5.05. The lowest BCUT2D eigenvalue weighted by atomic mass is 9.75. The fourth-order valence-corrected chi connectivity index (χ4v) is 3.46. The van der Waals surface area contributed by atoms with Crippen LogP contribution in [0, 0.1) is 11.3 Å². The Morgan fingerprint density at radius 2 is 1.89 bits per heavy atom. The third-order valence-electron chi connectivity index (χ3n) is 5.00. The molecule has 0 aromatic heterocycles. The fraction of sp³-hybridized carbons (Fsp3) is 0.933. The summed E-state index contributed by atoms with van der Waals surface area (Å²) < 4.78 is 0. The highest BCUT2D eigenvalue weighted by Gasteiger charge is 2.37. The first-order chi connectivity index (χ1) is 8.77. The fourth-order valence-electron chi connectivity index (χ4n) is 3.46. The average molecular weight is 252 g/mol. The first kappa shape index (κ1) is 13.9. The maximum absolute atomic E-state index is 12.5. The van der Waals surface area contributed by atoms with Crippen molar-refractivity contribution in [1.82, 2.24) is 10.6 Å². The van der Waals surface area contributed by atoms with Crippen molar-refractivity contribution >= 4 is 5.91 Å². The predicted octanol–water partition coefficient (Wildman–Crippen LogP) is 2.46. The van der Waals surface area contributed by atoms with E-state index in [4.69, 9.17) is 0 Å². The van der Waals surface area contributed by atoms with Gasteiger partial charge in [0.25, 0.3) is 0 Å². The van der Waals surface area contributed by atoms with E-state index in [9.17, 15) is 4.79 Å². The van der Waals surface area contributed by atoms with Gasteiger partial charge in [-0.25, -0.2) is 0 Å². The summed E-state index contributed by atoms with van der Waals surface area (Å²) in [7, 11) is 0. The van der Waals surface area contributed by atoms with Gasteiger partial charge in [-0.15, -0.1) is 0 Å².